The Balaban J connectivity index is 2.34. The summed E-state index contributed by atoms with van der Waals surface area (Å²) in [6.07, 6.45) is 4.03. The fourth-order valence-corrected chi connectivity index (χ4v) is 2.27. The molecule has 1 rings (SSSR count). The van der Waals surface area contributed by atoms with Crippen LogP contribution in [0.4, 0.5) is 0 Å². The summed E-state index contributed by atoms with van der Waals surface area (Å²) in [6.45, 7) is 8.11. The highest BCUT2D eigenvalue weighted by molar-refractivity contribution is 9.10. The molecule has 0 atom stereocenters. The Hall–Kier alpha value is -0.390. The maximum Gasteiger partial charge on any atom is 0.0658 e. The van der Waals surface area contributed by atoms with Gasteiger partial charge in [-0.15, -0.1) is 0 Å². The van der Waals surface area contributed by atoms with Crippen LogP contribution < -0.4 is 5.32 Å². The van der Waals surface area contributed by atoms with Gasteiger partial charge in [-0.2, -0.15) is 5.10 Å². The molecule has 0 aliphatic rings. The fourth-order valence-electron chi connectivity index (χ4n) is 1.78. The standard InChI is InChI=1S/C13H24BrN3O/c1-11(2)9-15-6-4-5-13-12(14)10-16-17(13)7-8-18-3/h10-11,15H,4-9H2,1-3H3. The Bertz CT molecular complexity index is 339. The second kappa shape index (κ2) is 8.67. The van der Waals surface area contributed by atoms with Gasteiger partial charge in [-0.05, 0) is 47.8 Å². The average Bonchev–Trinajstić information content (AvgIpc) is 2.67. The first-order valence-corrected chi connectivity index (χ1v) is 7.34. The molecule has 104 valence electrons. The first kappa shape index (κ1) is 15.7. The Morgan fingerprint density at radius 2 is 2.28 bits per heavy atom. The summed E-state index contributed by atoms with van der Waals surface area (Å²) in [6, 6.07) is 0. The normalized spacial score (nSPS) is 11.4. The second-order valence-electron chi connectivity index (χ2n) is 4.86. The van der Waals surface area contributed by atoms with Crippen LogP contribution in [0.1, 0.15) is 26.0 Å². The van der Waals surface area contributed by atoms with Crippen LogP contribution in [0.5, 0.6) is 0 Å². The predicted octanol–water partition coefficient (Wildman–Crippen LogP) is 2.47. The van der Waals surface area contributed by atoms with Crippen molar-refractivity contribution in [3.05, 3.63) is 16.4 Å². The van der Waals surface area contributed by atoms with Crippen molar-refractivity contribution in [1.29, 1.82) is 0 Å². The van der Waals surface area contributed by atoms with E-state index in [1.54, 1.807) is 7.11 Å². The van der Waals surface area contributed by atoms with Crippen LogP contribution in [0.3, 0.4) is 0 Å². The van der Waals surface area contributed by atoms with Crippen LogP contribution in [-0.2, 0) is 17.7 Å². The molecule has 1 heterocycles. The number of ether oxygens (including phenoxy) is 1. The quantitative estimate of drug-likeness (QED) is 0.711. The van der Waals surface area contributed by atoms with Crippen molar-refractivity contribution < 1.29 is 4.74 Å². The highest BCUT2D eigenvalue weighted by Crippen LogP contribution is 2.17. The van der Waals surface area contributed by atoms with Gasteiger partial charge in [0.25, 0.3) is 0 Å². The maximum absolute atomic E-state index is 5.09. The van der Waals surface area contributed by atoms with Crippen LogP contribution in [0.15, 0.2) is 10.7 Å². The monoisotopic (exact) mass is 317 g/mol. The van der Waals surface area contributed by atoms with Gasteiger partial charge in [0.05, 0.1) is 29.5 Å². The van der Waals surface area contributed by atoms with Crippen LogP contribution in [0.25, 0.3) is 0 Å². The SMILES string of the molecule is COCCn1ncc(Br)c1CCCNCC(C)C. The number of nitrogens with one attached hydrogen (secondary N) is 1. The van der Waals surface area contributed by atoms with Crippen molar-refractivity contribution in [3.63, 3.8) is 0 Å². The number of hydrogen-bond acceptors (Lipinski definition) is 3. The van der Waals surface area contributed by atoms with Crippen LogP contribution >= 0.6 is 15.9 Å². The Kier molecular flexibility index (Phi) is 7.54. The topological polar surface area (TPSA) is 39.1 Å². The molecule has 1 N–H and O–H groups in total. The molecule has 0 fully saturated rings. The highest BCUT2D eigenvalue weighted by atomic mass is 79.9. The minimum Gasteiger partial charge on any atom is -0.383 e. The first-order chi connectivity index (χ1) is 8.65. The molecule has 0 saturated carbocycles. The second-order valence-corrected chi connectivity index (χ2v) is 5.71. The number of halogens is 1. The summed E-state index contributed by atoms with van der Waals surface area (Å²) in [5, 5.41) is 7.81. The van der Waals surface area contributed by atoms with E-state index in [2.05, 4.69) is 40.2 Å². The van der Waals surface area contributed by atoms with Crippen LogP contribution in [0, 0.1) is 5.92 Å². The smallest absolute Gasteiger partial charge is 0.0658 e. The molecular formula is C13H24BrN3O. The molecule has 0 amide bonds. The third-order valence-corrected chi connectivity index (χ3v) is 3.39. The Labute approximate surface area is 118 Å². The average molecular weight is 318 g/mol. The van der Waals surface area contributed by atoms with E-state index >= 15 is 0 Å². The molecule has 5 heteroatoms. The molecule has 0 aliphatic heterocycles. The molecule has 0 aromatic carbocycles. The largest absolute Gasteiger partial charge is 0.383 e. The number of aromatic nitrogens is 2. The third kappa shape index (κ3) is 5.50. The fraction of sp³-hybridized carbons (Fsp3) is 0.769. The number of nitrogens with zero attached hydrogens (tertiary/aromatic N) is 2. The van der Waals surface area contributed by atoms with Gasteiger partial charge in [-0.1, -0.05) is 13.8 Å². The lowest BCUT2D eigenvalue weighted by Gasteiger charge is -2.09. The van der Waals surface area contributed by atoms with Gasteiger partial charge in [0, 0.05) is 7.11 Å². The summed E-state index contributed by atoms with van der Waals surface area (Å²) in [4.78, 5) is 0. The van der Waals surface area contributed by atoms with Gasteiger partial charge in [0.2, 0.25) is 0 Å². The molecule has 1 aromatic rings. The summed E-state index contributed by atoms with van der Waals surface area (Å²) in [5.74, 6) is 0.712. The Morgan fingerprint density at radius 3 is 2.94 bits per heavy atom. The molecule has 0 saturated heterocycles. The van der Waals surface area contributed by atoms with E-state index < -0.39 is 0 Å². The molecule has 18 heavy (non-hydrogen) atoms. The van der Waals surface area contributed by atoms with Crippen molar-refractivity contribution >= 4 is 15.9 Å². The van der Waals surface area contributed by atoms with Gasteiger partial charge >= 0.3 is 0 Å². The van der Waals surface area contributed by atoms with Gasteiger partial charge < -0.3 is 10.1 Å². The molecule has 0 aliphatic carbocycles. The van der Waals surface area contributed by atoms with Crippen molar-refractivity contribution in [3.8, 4) is 0 Å². The van der Waals surface area contributed by atoms with E-state index in [1.165, 1.54) is 5.69 Å². The zero-order valence-electron chi connectivity index (χ0n) is 11.6. The lowest BCUT2D eigenvalue weighted by molar-refractivity contribution is 0.182. The van der Waals surface area contributed by atoms with E-state index in [-0.39, 0.29) is 0 Å². The van der Waals surface area contributed by atoms with Crippen molar-refractivity contribution in [2.75, 3.05) is 26.8 Å². The summed E-state index contributed by atoms with van der Waals surface area (Å²) in [7, 11) is 1.72. The summed E-state index contributed by atoms with van der Waals surface area (Å²) >= 11 is 3.56. The molecule has 4 nitrogen and oxygen atoms in total. The molecule has 0 radical (unpaired) electrons. The van der Waals surface area contributed by atoms with E-state index in [0.29, 0.717) is 12.5 Å². The van der Waals surface area contributed by atoms with Crippen molar-refractivity contribution in [2.45, 2.75) is 33.2 Å². The highest BCUT2D eigenvalue weighted by Gasteiger charge is 2.08. The minimum absolute atomic E-state index is 0.701. The van der Waals surface area contributed by atoms with Gasteiger partial charge in [0.15, 0.2) is 0 Å². The minimum atomic E-state index is 0.701. The molecule has 0 unspecified atom stereocenters. The van der Waals surface area contributed by atoms with Crippen molar-refractivity contribution in [1.82, 2.24) is 15.1 Å². The molecule has 0 bridgehead atoms. The van der Waals surface area contributed by atoms with E-state index in [9.17, 15) is 0 Å². The number of methoxy groups -OCH3 is 1. The van der Waals surface area contributed by atoms with Crippen molar-refractivity contribution in [2.24, 2.45) is 5.92 Å². The zero-order valence-corrected chi connectivity index (χ0v) is 13.2. The lowest BCUT2D eigenvalue weighted by Crippen LogP contribution is -2.21. The van der Waals surface area contributed by atoms with Gasteiger partial charge in [-0.3, -0.25) is 4.68 Å². The van der Waals surface area contributed by atoms with E-state index in [1.807, 2.05) is 10.9 Å². The number of rotatable bonds is 9. The number of hydrogen-bond donors (Lipinski definition) is 1. The summed E-state index contributed by atoms with van der Waals surface area (Å²) in [5.41, 5.74) is 1.26. The molecule has 1 aromatic heterocycles. The van der Waals surface area contributed by atoms with E-state index in [0.717, 1.165) is 36.9 Å². The summed E-state index contributed by atoms with van der Waals surface area (Å²) < 4.78 is 8.21. The maximum atomic E-state index is 5.09. The van der Waals surface area contributed by atoms with Gasteiger partial charge in [0.1, 0.15) is 0 Å². The predicted molar refractivity (Wildman–Crippen MR) is 77.8 cm³/mol. The third-order valence-electron chi connectivity index (χ3n) is 2.72. The van der Waals surface area contributed by atoms with Crippen LogP contribution in [0.2, 0.25) is 0 Å². The van der Waals surface area contributed by atoms with Gasteiger partial charge in [-0.25, -0.2) is 0 Å². The van der Waals surface area contributed by atoms with Crippen LogP contribution in [-0.4, -0.2) is 36.6 Å². The molecular weight excluding hydrogens is 294 g/mol. The first-order valence-electron chi connectivity index (χ1n) is 6.55. The Morgan fingerprint density at radius 1 is 1.50 bits per heavy atom. The molecule has 0 spiro atoms. The lowest BCUT2D eigenvalue weighted by atomic mass is 10.2. The van der Waals surface area contributed by atoms with E-state index in [4.69, 9.17) is 4.74 Å². The zero-order chi connectivity index (χ0) is 13.4.